The van der Waals surface area contributed by atoms with Crippen molar-refractivity contribution < 1.29 is 14.7 Å². The summed E-state index contributed by atoms with van der Waals surface area (Å²) < 4.78 is 0. The Labute approximate surface area is 117 Å². The van der Waals surface area contributed by atoms with Crippen LogP contribution in [0.4, 0.5) is 10.5 Å². The third-order valence-electron chi connectivity index (χ3n) is 3.03. The fraction of sp³-hybridized carbons (Fsp3) is 0.357. The highest BCUT2D eigenvalue weighted by Crippen LogP contribution is 2.12. The van der Waals surface area contributed by atoms with Crippen LogP contribution in [0, 0.1) is 0 Å². The van der Waals surface area contributed by atoms with E-state index in [1.165, 1.54) is 11.8 Å². The quantitative estimate of drug-likeness (QED) is 0.825. The van der Waals surface area contributed by atoms with Crippen LogP contribution in [0.3, 0.4) is 0 Å². The highest BCUT2D eigenvalue weighted by Gasteiger charge is 2.16. The monoisotopic (exact) mass is 275 g/mol. The molecule has 2 N–H and O–H groups in total. The maximum Gasteiger partial charge on any atom is 0.322 e. The molecule has 1 aromatic heterocycles. The van der Waals surface area contributed by atoms with E-state index in [0.29, 0.717) is 24.5 Å². The van der Waals surface area contributed by atoms with Gasteiger partial charge in [0.2, 0.25) is 0 Å². The van der Waals surface area contributed by atoms with Gasteiger partial charge >= 0.3 is 12.0 Å². The summed E-state index contributed by atoms with van der Waals surface area (Å²) in [4.78, 5) is 28.3. The normalized spacial score (nSPS) is 14.7. The number of hydrogen-bond acceptors (Lipinski definition) is 3. The molecule has 0 saturated carbocycles. The number of aromatic nitrogens is 1. The lowest BCUT2D eigenvalue weighted by Crippen LogP contribution is -2.38. The first-order valence-corrected chi connectivity index (χ1v) is 6.43. The van der Waals surface area contributed by atoms with Gasteiger partial charge in [0.15, 0.2) is 0 Å². The Morgan fingerprint density at radius 3 is 2.85 bits per heavy atom. The molecular formula is C14H17N3O3. The molecule has 2 heterocycles. The molecule has 0 unspecified atom stereocenters. The van der Waals surface area contributed by atoms with Crippen LogP contribution >= 0.6 is 0 Å². The predicted octanol–water partition coefficient (Wildman–Crippen LogP) is 1.89. The molecule has 1 aromatic rings. The van der Waals surface area contributed by atoms with Gasteiger partial charge in [-0.3, -0.25) is 9.78 Å². The first-order valence-electron chi connectivity index (χ1n) is 6.43. The molecule has 0 atom stereocenters. The Hall–Kier alpha value is -2.37. The van der Waals surface area contributed by atoms with E-state index in [1.807, 2.05) is 6.92 Å². The first kappa shape index (κ1) is 14.0. The number of aliphatic carboxylic acids is 1. The number of hydrogen-bond donors (Lipinski definition) is 2. The number of carbonyl (C=O) groups is 2. The minimum absolute atomic E-state index is 0.121. The van der Waals surface area contributed by atoms with Crippen LogP contribution in [0.5, 0.6) is 0 Å². The first-order chi connectivity index (χ1) is 9.54. The van der Waals surface area contributed by atoms with E-state index in [4.69, 9.17) is 5.11 Å². The van der Waals surface area contributed by atoms with Crippen molar-refractivity contribution >= 4 is 17.7 Å². The van der Waals surface area contributed by atoms with Crippen LogP contribution < -0.4 is 5.32 Å². The van der Waals surface area contributed by atoms with E-state index in [0.717, 1.165) is 6.42 Å². The van der Waals surface area contributed by atoms with Crippen molar-refractivity contribution in [3.05, 3.63) is 35.7 Å². The summed E-state index contributed by atoms with van der Waals surface area (Å²) in [7, 11) is 0. The van der Waals surface area contributed by atoms with Gasteiger partial charge in [-0.25, -0.2) is 4.79 Å². The summed E-state index contributed by atoms with van der Waals surface area (Å²) in [6, 6.07) is 3.10. The Morgan fingerprint density at radius 1 is 1.45 bits per heavy atom. The molecule has 0 bridgehead atoms. The number of carboxylic acids is 1. The predicted molar refractivity (Wildman–Crippen MR) is 74.5 cm³/mol. The van der Waals surface area contributed by atoms with Gasteiger partial charge in [-0.05, 0) is 25.5 Å². The van der Waals surface area contributed by atoms with Crippen LogP contribution in [0.25, 0.3) is 0 Å². The smallest absolute Gasteiger partial charge is 0.322 e. The lowest BCUT2D eigenvalue weighted by molar-refractivity contribution is -0.136. The lowest BCUT2D eigenvalue weighted by atomic mass is 10.1. The van der Waals surface area contributed by atoms with Crippen LogP contribution in [-0.2, 0) is 11.2 Å². The van der Waals surface area contributed by atoms with Crippen molar-refractivity contribution in [1.29, 1.82) is 0 Å². The summed E-state index contributed by atoms with van der Waals surface area (Å²) in [6.07, 6.45) is 4.36. The van der Waals surface area contributed by atoms with E-state index >= 15 is 0 Å². The van der Waals surface area contributed by atoms with E-state index in [-0.39, 0.29) is 12.5 Å². The van der Waals surface area contributed by atoms with Crippen molar-refractivity contribution in [2.75, 3.05) is 18.4 Å². The van der Waals surface area contributed by atoms with Gasteiger partial charge in [-0.1, -0.05) is 11.6 Å². The van der Waals surface area contributed by atoms with Gasteiger partial charge in [-0.15, -0.1) is 0 Å². The van der Waals surface area contributed by atoms with Gasteiger partial charge in [0.05, 0.1) is 24.0 Å². The van der Waals surface area contributed by atoms with E-state index in [2.05, 4.69) is 16.4 Å². The van der Waals surface area contributed by atoms with Gasteiger partial charge in [-0.2, -0.15) is 0 Å². The molecule has 106 valence electrons. The van der Waals surface area contributed by atoms with Gasteiger partial charge in [0, 0.05) is 13.1 Å². The van der Waals surface area contributed by atoms with Crippen molar-refractivity contribution in [2.24, 2.45) is 0 Å². The van der Waals surface area contributed by atoms with E-state index < -0.39 is 5.97 Å². The molecule has 1 aliphatic rings. The molecule has 6 nitrogen and oxygen atoms in total. The molecule has 20 heavy (non-hydrogen) atoms. The lowest BCUT2D eigenvalue weighted by Gasteiger charge is -2.26. The van der Waals surface area contributed by atoms with Crippen LogP contribution in [-0.4, -0.2) is 40.1 Å². The Morgan fingerprint density at radius 2 is 2.25 bits per heavy atom. The molecule has 0 radical (unpaired) electrons. The third-order valence-corrected chi connectivity index (χ3v) is 3.03. The second kappa shape index (κ2) is 6.18. The Bertz CT molecular complexity index is 537. The maximum absolute atomic E-state index is 12.0. The number of anilines is 1. The standard InChI is InChI=1S/C14H17N3O3/c1-10-3-2-6-17(9-10)14(20)16-12-5-4-11(15-8-12)7-13(18)19/h3-5,8H,2,6-7,9H2,1H3,(H,16,20)(H,18,19). The number of urea groups is 1. The molecule has 0 aliphatic carbocycles. The minimum atomic E-state index is -0.926. The molecule has 1 aliphatic heterocycles. The molecule has 0 aromatic carbocycles. The van der Waals surface area contributed by atoms with Gasteiger partial charge in [0.1, 0.15) is 0 Å². The maximum atomic E-state index is 12.0. The molecule has 0 fully saturated rings. The zero-order valence-electron chi connectivity index (χ0n) is 11.3. The summed E-state index contributed by atoms with van der Waals surface area (Å²) in [5.74, 6) is -0.926. The second-order valence-electron chi connectivity index (χ2n) is 4.80. The molecule has 0 spiro atoms. The van der Waals surface area contributed by atoms with Crippen molar-refractivity contribution in [1.82, 2.24) is 9.88 Å². The average molecular weight is 275 g/mol. The summed E-state index contributed by atoms with van der Waals surface area (Å²) >= 11 is 0. The highest BCUT2D eigenvalue weighted by atomic mass is 16.4. The van der Waals surface area contributed by atoms with Crippen molar-refractivity contribution in [2.45, 2.75) is 19.8 Å². The largest absolute Gasteiger partial charge is 0.481 e. The number of nitrogens with zero attached hydrogens (tertiary/aromatic N) is 2. The number of carboxylic acid groups (broad SMARTS) is 1. The molecule has 6 heteroatoms. The summed E-state index contributed by atoms with van der Waals surface area (Å²) in [6.45, 7) is 3.34. The van der Waals surface area contributed by atoms with Gasteiger partial charge in [0.25, 0.3) is 0 Å². The van der Waals surface area contributed by atoms with E-state index in [1.54, 1.807) is 17.0 Å². The van der Waals surface area contributed by atoms with Crippen molar-refractivity contribution in [3.8, 4) is 0 Å². The average Bonchev–Trinajstić information content (AvgIpc) is 2.40. The van der Waals surface area contributed by atoms with Crippen LogP contribution in [0.15, 0.2) is 30.0 Å². The number of nitrogens with one attached hydrogen (secondary N) is 1. The highest BCUT2D eigenvalue weighted by molar-refractivity contribution is 5.89. The van der Waals surface area contributed by atoms with Crippen molar-refractivity contribution in [3.63, 3.8) is 0 Å². The number of amides is 2. The van der Waals surface area contributed by atoms with Crippen LogP contribution in [0.2, 0.25) is 0 Å². The SMILES string of the molecule is CC1=CCCN(C(=O)Nc2ccc(CC(=O)O)nc2)C1. The Balaban J connectivity index is 1.94. The second-order valence-corrected chi connectivity index (χ2v) is 4.80. The third kappa shape index (κ3) is 3.81. The topological polar surface area (TPSA) is 82.5 Å². The molecule has 2 amide bonds. The van der Waals surface area contributed by atoms with Gasteiger partial charge < -0.3 is 15.3 Å². The van der Waals surface area contributed by atoms with Crippen LogP contribution in [0.1, 0.15) is 19.0 Å². The fourth-order valence-corrected chi connectivity index (χ4v) is 2.05. The summed E-state index contributed by atoms with van der Waals surface area (Å²) in [5.41, 5.74) is 2.21. The molecule has 2 rings (SSSR count). The summed E-state index contributed by atoms with van der Waals surface area (Å²) in [5, 5.41) is 11.4. The number of pyridine rings is 1. The number of rotatable bonds is 3. The Kier molecular flexibility index (Phi) is 4.34. The molecule has 0 saturated heterocycles. The zero-order chi connectivity index (χ0) is 14.5. The minimum Gasteiger partial charge on any atom is -0.481 e. The fourth-order valence-electron chi connectivity index (χ4n) is 2.05. The zero-order valence-corrected chi connectivity index (χ0v) is 11.3. The van der Waals surface area contributed by atoms with E-state index in [9.17, 15) is 9.59 Å². The number of carbonyl (C=O) groups excluding carboxylic acids is 1. The molecular weight excluding hydrogens is 258 g/mol.